The van der Waals surface area contributed by atoms with Crippen LogP contribution in [0.2, 0.25) is 0 Å². The number of nitro benzene ring substituents is 1. The zero-order chi connectivity index (χ0) is 19.9. The predicted octanol–water partition coefficient (Wildman–Crippen LogP) is 5.21. The monoisotopic (exact) mass is 381 g/mol. The topological polar surface area (TPSA) is 78.7 Å². The molecule has 1 aliphatic carbocycles. The molecule has 0 heterocycles. The maximum absolute atomic E-state index is 12.4. The van der Waals surface area contributed by atoms with Crippen LogP contribution in [0.3, 0.4) is 0 Å². The van der Waals surface area contributed by atoms with Crippen molar-refractivity contribution >= 4 is 17.5 Å². The summed E-state index contributed by atoms with van der Waals surface area (Å²) in [7, 11) is 0. The quantitative estimate of drug-likeness (QED) is 0.271. The average Bonchev–Trinajstić information content (AvgIpc) is 3.21. The van der Waals surface area contributed by atoms with Crippen molar-refractivity contribution in [2.24, 2.45) is 0 Å². The highest BCUT2D eigenvalue weighted by molar-refractivity contribution is 6.09. The molecule has 2 aromatic carbocycles. The van der Waals surface area contributed by atoms with Crippen molar-refractivity contribution in [1.82, 2.24) is 0 Å². The number of hydrogen-bond acceptors (Lipinski definition) is 5. The molecule has 0 unspecified atom stereocenters. The number of nitro groups is 1. The third kappa shape index (κ3) is 4.76. The van der Waals surface area contributed by atoms with Gasteiger partial charge in [-0.2, -0.15) is 0 Å². The van der Waals surface area contributed by atoms with Gasteiger partial charge in [0.2, 0.25) is 0 Å². The second-order valence-electron chi connectivity index (χ2n) is 6.64. The van der Waals surface area contributed by atoms with E-state index in [0.29, 0.717) is 18.1 Å². The number of allylic oxidation sites excluding steroid dienone is 1. The van der Waals surface area contributed by atoms with Crippen LogP contribution in [0.15, 0.2) is 48.5 Å². The van der Waals surface area contributed by atoms with E-state index in [9.17, 15) is 14.9 Å². The Morgan fingerprint density at radius 2 is 1.93 bits per heavy atom. The molecule has 0 radical (unpaired) electrons. The van der Waals surface area contributed by atoms with Gasteiger partial charge in [0.15, 0.2) is 17.3 Å². The van der Waals surface area contributed by atoms with Crippen LogP contribution in [0.1, 0.15) is 48.5 Å². The first-order valence-electron chi connectivity index (χ1n) is 9.48. The van der Waals surface area contributed by atoms with Crippen molar-refractivity contribution in [3.05, 3.63) is 69.8 Å². The third-order valence-electron chi connectivity index (χ3n) is 4.66. The number of ketones is 1. The van der Waals surface area contributed by atoms with Crippen molar-refractivity contribution in [2.75, 3.05) is 6.61 Å². The molecule has 0 bridgehead atoms. The number of benzene rings is 2. The van der Waals surface area contributed by atoms with E-state index in [1.54, 1.807) is 12.1 Å². The number of rotatable bonds is 8. The summed E-state index contributed by atoms with van der Waals surface area (Å²) in [5, 5.41) is 11.1. The summed E-state index contributed by atoms with van der Waals surface area (Å²) in [5.41, 5.74) is 0.622. The molecule has 1 saturated carbocycles. The first-order valence-corrected chi connectivity index (χ1v) is 9.48. The van der Waals surface area contributed by atoms with Crippen LogP contribution in [0.25, 0.3) is 6.08 Å². The largest absolute Gasteiger partial charge is 0.490 e. The normalized spacial score (nSPS) is 14.3. The van der Waals surface area contributed by atoms with Crippen LogP contribution in [0, 0.1) is 10.1 Å². The van der Waals surface area contributed by atoms with Gasteiger partial charge < -0.3 is 9.47 Å². The zero-order valence-corrected chi connectivity index (χ0v) is 15.8. The molecule has 0 atom stereocenters. The number of carbonyl (C=O) groups is 1. The summed E-state index contributed by atoms with van der Waals surface area (Å²) in [6.07, 6.45) is 7.66. The average molecular weight is 381 g/mol. The molecule has 1 fully saturated rings. The van der Waals surface area contributed by atoms with E-state index >= 15 is 0 Å². The van der Waals surface area contributed by atoms with Crippen LogP contribution in [0.5, 0.6) is 11.5 Å². The van der Waals surface area contributed by atoms with Crippen LogP contribution in [-0.4, -0.2) is 23.4 Å². The number of nitrogens with zero attached hydrogens (tertiary/aromatic N) is 1. The molecule has 2 aromatic rings. The van der Waals surface area contributed by atoms with E-state index in [-0.39, 0.29) is 17.4 Å². The van der Waals surface area contributed by atoms with Gasteiger partial charge in [-0.3, -0.25) is 14.9 Å². The van der Waals surface area contributed by atoms with E-state index in [4.69, 9.17) is 9.47 Å². The van der Waals surface area contributed by atoms with Gasteiger partial charge in [0.1, 0.15) is 0 Å². The second kappa shape index (κ2) is 9.17. The number of para-hydroxylation sites is 1. The maximum atomic E-state index is 12.4. The summed E-state index contributed by atoms with van der Waals surface area (Å²) < 4.78 is 11.8. The van der Waals surface area contributed by atoms with E-state index in [0.717, 1.165) is 18.4 Å². The molecule has 6 nitrogen and oxygen atoms in total. The van der Waals surface area contributed by atoms with Gasteiger partial charge in [-0.15, -0.1) is 0 Å². The predicted molar refractivity (Wildman–Crippen MR) is 107 cm³/mol. The van der Waals surface area contributed by atoms with Gasteiger partial charge in [-0.1, -0.05) is 24.3 Å². The van der Waals surface area contributed by atoms with Gasteiger partial charge in [0.05, 0.1) is 23.2 Å². The fraction of sp³-hybridized carbons (Fsp3) is 0.318. The molecule has 0 aliphatic heterocycles. The maximum Gasteiger partial charge on any atom is 0.280 e. The molecule has 0 N–H and O–H groups in total. The summed E-state index contributed by atoms with van der Waals surface area (Å²) >= 11 is 0. The number of hydrogen-bond donors (Lipinski definition) is 0. The lowest BCUT2D eigenvalue weighted by atomic mass is 10.1. The Morgan fingerprint density at radius 1 is 1.18 bits per heavy atom. The fourth-order valence-electron chi connectivity index (χ4n) is 3.28. The standard InChI is InChI=1S/C22H23NO5/c1-2-27-22-15-16(12-14-21(22)28-17-7-3-4-8-17)11-13-20(24)18-9-5-6-10-19(18)23(25)26/h5-6,9-15,17H,2-4,7-8H2,1H3/b13-11+. The van der Waals surface area contributed by atoms with Crippen LogP contribution >= 0.6 is 0 Å². The van der Waals surface area contributed by atoms with Gasteiger partial charge in [-0.05, 0) is 62.4 Å². The lowest BCUT2D eigenvalue weighted by Gasteiger charge is -2.17. The lowest BCUT2D eigenvalue weighted by molar-refractivity contribution is -0.385. The van der Waals surface area contributed by atoms with Crippen molar-refractivity contribution < 1.29 is 19.2 Å². The SMILES string of the molecule is CCOc1cc(/C=C/C(=O)c2ccccc2[N+](=O)[O-])ccc1OC1CCCC1. The van der Waals surface area contributed by atoms with Crippen LogP contribution in [0.4, 0.5) is 5.69 Å². The number of carbonyl (C=O) groups excluding carboxylic acids is 1. The summed E-state index contributed by atoms with van der Waals surface area (Å²) in [5.74, 6) is 0.919. The number of ether oxygens (including phenoxy) is 2. The Bertz CT molecular complexity index is 884. The molecule has 3 rings (SSSR count). The Hall–Kier alpha value is -3.15. The minimum atomic E-state index is -0.552. The summed E-state index contributed by atoms with van der Waals surface area (Å²) in [4.78, 5) is 22.9. The summed E-state index contributed by atoms with van der Waals surface area (Å²) in [6, 6.07) is 11.4. The van der Waals surface area contributed by atoms with Gasteiger partial charge in [-0.25, -0.2) is 0 Å². The van der Waals surface area contributed by atoms with E-state index < -0.39 is 10.7 Å². The van der Waals surface area contributed by atoms with E-state index in [1.165, 1.54) is 37.1 Å². The molecule has 1 aliphatic rings. The van der Waals surface area contributed by atoms with Crippen molar-refractivity contribution in [2.45, 2.75) is 38.7 Å². The van der Waals surface area contributed by atoms with E-state index in [2.05, 4.69) is 0 Å². The highest BCUT2D eigenvalue weighted by atomic mass is 16.6. The molecule has 0 saturated heterocycles. The molecule has 0 amide bonds. The van der Waals surface area contributed by atoms with Crippen molar-refractivity contribution in [3.8, 4) is 11.5 Å². The Kier molecular flexibility index (Phi) is 6.42. The smallest absolute Gasteiger partial charge is 0.280 e. The first-order chi connectivity index (χ1) is 13.6. The summed E-state index contributed by atoms with van der Waals surface area (Å²) in [6.45, 7) is 2.41. The Labute approximate surface area is 163 Å². The van der Waals surface area contributed by atoms with Gasteiger partial charge >= 0.3 is 0 Å². The van der Waals surface area contributed by atoms with Crippen LogP contribution < -0.4 is 9.47 Å². The van der Waals surface area contributed by atoms with Crippen molar-refractivity contribution in [1.29, 1.82) is 0 Å². The minimum absolute atomic E-state index is 0.0648. The molecule has 6 heteroatoms. The molecule has 28 heavy (non-hydrogen) atoms. The lowest BCUT2D eigenvalue weighted by Crippen LogP contribution is -2.11. The van der Waals surface area contributed by atoms with Crippen molar-refractivity contribution in [3.63, 3.8) is 0 Å². The highest BCUT2D eigenvalue weighted by Gasteiger charge is 2.19. The van der Waals surface area contributed by atoms with Crippen LogP contribution in [-0.2, 0) is 0 Å². The molecule has 146 valence electrons. The zero-order valence-electron chi connectivity index (χ0n) is 15.8. The molecular weight excluding hydrogens is 358 g/mol. The van der Waals surface area contributed by atoms with Gasteiger partial charge in [0, 0.05) is 6.07 Å². The van der Waals surface area contributed by atoms with Gasteiger partial charge in [0.25, 0.3) is 5.69 Å². The Morgan fingerprint density at radius 3 is 2.64 bits per heavy atom. The third-order valence-corrected chi connectivity index (χ3v) is 4.66. The highest BCUT2D eigenvalue weighted by Crippen LogP contribution is 2.33. The second-order valence-corrected chi connectivity index (χ2v) is 6.64. The molecule has 0 spiro atoms. The Balaban J connectivity index is 1.78. The minimum Gasteiger partial charge on any atom is -0.490 e. The fourth-order valence-corrected chi connectivity index (χ4v) is 3.28. The molecule has 0 aromatic heterocycles. The van der Waals surface area contributed by atoms with E-state index in [1.807, 2.05) is 25.1 Å². The first kappa shape index (κ1) is 19.6. The molecular formula is C22H23NO5.